The molecule has 1 amide bonds. The number of rotatable bonds is 6. The summed E-state index contributed by atoms with van der Waals surface area (Å²) in [5, 5.41) is 12.6. The molecule has 2 rings (SSSR count). The number of benzene rings is 2. The smallest absolute Gasteiger partial charge is 0.418 e. The van der Waals surface area contributed by atoms with Crippen molar-refractivity contribution in [3.63, 3.8) is 0 Å². The van der Waals surface area contributed by atoms with Gasteiger partial charge in [-0.2, -0.15) is 13.2 Å². The zero-order valence-corrected chi connectivity index (χ0v) is 14.1. The number of alkyl halides is 3. The predicted octanol–water partition coefficient (Wildman–Crippen LogP) is 3.81. The van der Waals surface area contributed by atoms with Crippen molar-refractivity contribution in [2.24, 2.45) is 0 Å². The number of hydrogen-bond acceptors (Lipinski definition) is 5. The Hall–Kier alpha value is -3.69. The summed E-state index contributed by atoms with van der Waals surface area (Å²) >= 11 is 0. The van der Waals surface area contributed by atoms with E-state index in [1.807, 2.05) is 5.32 Å². The Balaban J connectivity index is 2.00. The van der Waals surface area contributed by atoms with E-state index < -0.39 is 46.5 Å². The van der Waals surface area contributed by atoms with Gasteiger partial charge in [0.05, 0.1) is 16.2 Å². The Labute approximate surface area is 156 Å². The van der Waals surface area contributed by atoms with Gasteiger partial charge in [-0.15, -0.1) is 0 Å². The molecule has 0 bridgehead atoms. The molecule has 2 aromatic rings. The first kappa shape index (κ1) is 20.6. The maximum atomic E-state index is 13.0. The van der Waals surface area contributed by atoms with Crippen molar-refractivity contribution < 1.29 is 32.4 Å². The zero-order valence-electron chi connectivity index (χ0n) is 14.1. The van der Waals surface area contributed by atoms with Crippen molar-refractivity contribution in [1.82, 2.24) is 0 Å². The highest BCUT2D eigenvalue weighted by Gasteiger charge is 2.35. The molecule has 0 aromatic heterocycles. The van der Waals surface area contributed by atoms with Crippen LogP contribution in [-0.2, 0) is 20.5 Å². The second-order valence-corrected chi connectivity index (χ2v) is 5.38. The fourth-order valence-electron chi connectivity index (χ4n) is 2.09. The SMILES string of the molecule is O=C(COC(=O)/C=C/c1ccccc1)Nc1ccc([N+](=O)[O-])cc1C(F)(F)F. The number of nitro benzene ring substituents is 1. The van der Waals surface area contributed by atoms with Crippen molar-refractivity contribution in [2.45, 2.75) is 6.18 Å². The van der Waals surface area contributed by atoms with E-state index in [-0.39, 0.29) is 0 Å². The number of carbonyl (C=O) groups excluding carboxylic acids is 2. The third kappa shape index (κ3) is 5.94. The summed E-state index contributed by atoms with van der Waals surface area (Å²) in [6.45, 7) is -0.827. The molecular weight excluding hydrogens is 381 g/mol. The van der Waals surface area contributed by atoms with Crippen LogP contribution < -0.4 is 5.32 Å². The Morgan fingerprint density at radius 3 is 2.43 bits per heavy atom. The van der Waals surface area contributed by atoms with E-state index in [0.717, 1.165) is 18.2 Å². The van der Waals surface area contributed by atoms with Crippen molar-refractivity contribution in [3.05, 3.63) is 75.8 Å². The first-order chi connectivity index (χ1) is 13.2. The van der Waals surface area contributed by atoms with E-state index >= 15 is 0 Å². The second-order valence-electron chi connectivity index (χ2n) is 5.38. The summed E-state index contributed by atoms with van der Waals surface area (Å²) in [6.07, 6.45) is -2.42. The molecule has 0 atom stereocenters. The maximum Gasteiger partial charge on any atom is 0.418 e. The van der Waals surface area contributed by atoms with Gasteiger partial charge >= 0.3 is 12.1 Å². The largest absolute Gasteiger partial charge is 0.452 e. The number of carbonyl (C=O) groups is 2. The number of amides is 1. The highest BCUT2D eigenvalue weighted by atomic mass is 19.4. The minimum atomic E-state index is -4.93. The van der Waals surface area contributed by atoms with E-state index in [2.05, 4.69) is 4.74 Å². The molecule has 0 saturated carbocycles. The number of hydrogen-bond donors (Lipinski definition) is 1. The molecule has 0 radical (unpaired) electrons. The van der Waals surface area contributed by atoms with Crippen molar-refractivity contribution in [2.75, 3.05) is 11.9 Å². The molecule has 2 aromatic carbocycles. The molecule has 10 heteroatoms. The van der Waals surface area contributed by atoms with Crippen LogP contribution in [0.25, 0.3) is 6.08 Å². The number of halogens is 3. The lowest BCUT2D eigenvalue weighted by molar-refractivity contribution is -0.385. The summed E-state index contributed by atoms with van der Waals surface area (Å²) in [5.41, 5.74) is -2.13. The van der Waals surface area contributed by atoms with Crippen molar-refractivity contribution in [3.8, 4) is 0 Å². The van der Waals surface area contributed by atoms with Crippen LogP contribution in [0.1, 0.15) is 11.1 Å². The lowest BCUT2D eigenvalue weighted by Gasteiger charge is -2.13. The van der Waals surface area contributed by atoms with Crippen molar-refractivity contribution >= 4 is 29.3 Å². The third-order valence-electron chi connectivity index (χ3n) is 3.35. The molecule has 0 heterocycles. The minimum absolute atomic E-state index is 0.310. The van der Waals surface area contributed by atoms with E-state index in [1.165, 1.54) is 6.08 Å². The Kier molecular flexibility index (Phi) is 6.48. The average molecular weight is 394 g/mol. The fraction of sp³-hybridized carbons (Fsp3) is 0.111. The number of nitrogens with zero attached hydrogens (tertiary/aromatic N) is 1. The summed E-state index contributed by atoms with van der Waals surface area (Å²) in [5.74, 6) is -1.89. The number of nitrogens with one attached hydrogen (secondary N) is 1. The normalized spacial score (nSPS) is 11.2. The summed E-state index contributed by atoms with van der Waals surface area (Å²) in [6, 6.07) is 10.6. The minimum Gasteiger partial charge on any atom is -0.452 e. The first-order valence-electron chi connectivity index (χ1n) is 7.72. The molecule has 0 fully saturated rings. The van der Waals surface area contributed by atoms with E-state index in [0.29, 0.717) is 11.6 Å². The van der Waals surface area contributed by atoms with Gasteiger partial charge in [0.1, 0.15) is 0 Å². The zero-order chi connectivity index (χ0) is 20.7. The van der Waals surface area contributed by atoms with Gasteiger partial charge in [0.15, 0.2) is 6.61 Å². The summed E-state index contributed by atoms with van der Waals surface area (Å²) in [7, 11) is 0. The molecule has 146 valence electrons. The Morgan fingerprint density at radius 2 is 1.82 bits per heavy atom. The third-order valence-corrected chi connectivity index (χ3v) is 3.35. The maximum absolute atomic E-state index is 13.0. The first-order valence-corrected chi connectivity index (χ1v) is 7.72. The van der Waals surface area contributed by atoms with Crippen LogP contribution in [0.15, 0.2) is 54.6 Å². The van der Waals surface area contributed by atoms with Crippen LogP contribution >= 0.6 is 0 Å². The highest BCUT2D eigenvalue weighted by Crippen LogP contribution is 2.37. The molecular formula is C18H13F3N2O5. The van der Waals surface area contributed by atoms with Crippen molar-refractivity contribution in [1.29, 1.82) is 0 Å². The van der Waals surface area contributed by atoms with Gasteiger partial charge in [0.25, 0.3) is 11.6 Å². The van der Waals surface area contributed by atoms with E-state index in [9.17, 15) is 32.9 Å². The molecule has 28 heavy (non-hydrogen) atoms. The molecule has 1 N–H and O–H groups in total. The predicted molar refractivity (Wildman–Crippen MR) is 93.2 cm³/mol. The number of anilines is 1. The van der Waals surface area contributed by atoms with Crippen LogP contribution in [0.3, 0.4) is 0 Å². The van der Waals surface area contributed by atoms with Crippen LogP contribution in [0, 0.1) is 10.1 Å². The van der Waals surface area contributed by atoms with Gasteiger partial charge in [-0.3, -0.25) is 14.9 Å². The molecule has 0 saturated heterocycles. The van der Waals surface area contributed by atoms with Crippen LogP contribution in [0.4, 0.5) is 24.5 Å². The van der Waals surface area contributed by atoms with Gasteiger partial charge in [-0.1, -0.05) is 30.3 Å². The van der Waals surface area contributed by atoms with E-state index in [4.69, 9.17) is 0 Å². The van der Waals surface area contributed by atoms with Gasteiger partial charge in [-0.25, -0.2) is 4.79 Å². The molecule has 0 spiro atoms. The molecule has 0 aliphatic rings. The molecule has 0 aliphatic heterocycles. The highest BCUT2D eigenvalue weighted by molar-refractivity contribution is 5.95. The van der Waals surface area contributed by atoms with E-state index in [1.54, 1.807) is 30.3 Å². The van der Waals surface area contributed by atoms with Gasteiger partial charge in [-0.05, 0) is 17.7 Å². The standard InChI is InChI=1S/C18H13F3N2O5/c19-18(20,21)14-10-13(23(26)27)7-8-15(14)22-16(24)11-28-17(25)9-6-12-4-2-1-3-5-12/h1-10H,11H2,(H,22,24)/b9-6+. The Morgan fingerprint density at radius 1 is 1.14 bits per heavy atom. The number of non-ortho nitro benzene ring substituents is 1. The molecule has 0 aliphatic carbocycles. The quantitative estimate of drug-likeness (QED) is 0.348. The van der Waals surface area contributed by atoms with Gasteiger partial charge < -0.3 is 10.1 Å². The Bertz CT molecular complexity index is 911. The molecule has 0 unspecified atom stereocenters. The second kappa shape index (κ2) is 8.80. The van der Waals surface area contributed by atoms with Crippen LogP contribution in [0.5, 0.6) is 0 Å². The average Bonchev–Trinajstić information content (AvgIpc) is 2.64. The topological polar surface area (TPSA) is 98.5 Å². The van der Waals surface area contributed by atoms with Gasteiger partial charge in [0, 0.05) is 18.2 Å². The number of nitro groups is 1. The molecule has 7 nitrogen and oxygen atoms in total. The van der Waals surface area contributed by atoms with Crippen LogP contribution in [-0.4, -0.2) is 23.4 Å². The monoisotopic (exact) mass is 394 g/mol. The fourth-order valence-corrected chi connectivity index (χ4v) is 2.09. The lowest BCUT2D eigenvalue weighted by Crippen LogP contribution is -2.22. The lowest BCUT2D eigenvalue weighted by atomic mass is 10.1. The number of esters is 1. The summed E-state index contributed by atoms with van der Waals surface area (Å²) in [4.78, 5) is 33.0. The van der Waals surface area contributed by atoms with Gasteiger partial charge in [0.2, 0.25) is 0 Å². The number of ether oxygens (including phenoxy) is 1. The summed E-state index contributed by atoms with van der Waals surface area (Å²) < 4.78 is 43.8. The van der Waals surface area contributed by atoms with Crippen LogP contribution in [0.2, 0.25) is 0 Å².